The molecule has 90 valence electrons. The molecule has 0 heterocycles. The van der Waals surface area contributed by atoms with Crippen LogP contribution < -0.4 is 10.5 Å². The zero-order valence-corrected chi connectivity index (χ0v) is 10.6. The van der Waals surface area contributed by atoms with Crippen molar-refractivity contribution in [3.05, 3.63) is 29.8 Å². The van der Waals surface area contributed by atoms with Crippen molar-refractivity contribution in [3.8, 4) is 5.75 Å². The Hall–Kier alpha value is -1.02. The monoisotopic (exact) mass is 221 g/mol. The van der Waals surface area contributed by atoms with Gasteiger partial charge in [-0.25, -0.2) is 0 Å². The zero-order valence-electron chi connectivity index (χ0n) is 10.6. The van der Waals surface area contributed by atoms with Crippen LogP contribution in [0, 0.1) is 0 Å². The maximum absolute atomic E-state index is 6.09. The van der Waals surface area contributed by atoms with Crippen LogP contribution in [0.4, 0.5) is 0 Å². The summed E-state index contributed by atoms with van der Waals surface area (Å²) >= 11 is 0. The number of unbranched alkanes of at least 4 members (excludes halogenated alkanes) is 1. The fraction of sp³-hybridized carbons (Fsp3) is 0.571. The first-order valence-electron chi connectivity index (χ1n) is 6.15. The van der Waals surface area contributed by atoms with Gasteiger partial charge in [0.15, 0.2) is 0 Å². The van der Waals surface area contributed by atoms with Gasteiger partial charge in [-0.3, -0.25) is 0 Å². The predicted octanol–water partition coefficient (Wildman–Crippen LogP) is 3.66. The van der Waals surface area contributed by atoms with E-state index in [0.29, 0.717) is 0 Å². The van der Waals surface area contributed by atoms with E-state index in [2.05, 4.69) is 19.1 Å². The van der Waals surface area contributed by atoms with E-state index in [1.165, 1.54) is 18.4 Å². The molecule has 0 aliphatic heterocycles. The molecule has 1 rings (SSSR count). The van der Waals surface area contributed by atoms with Crippen LogP contribution in [-0.4, -0.2) is 6.10 Å². The molecule has 0 amide bonds. The van der Waals surface area contributed by atoms with Crippen LogP contribution in [-0.2, 0) is 0 Å². The number of rotatable bonds is 6. The van der Waals surface area contributed by atoms with Gasteiger partial charge in [0.05, 0.1) is 6.10 Å². The first kappa shape index (κ1) is 13.0. The molecule has 0 aliphatic rings. The van der Waals surface area contributed by atoms with Crippen molar-refractivity contribution in [2.45, 2.75) is 52.2 Å². The summed E-state index contributed by atoms with van der Waals surface area (Å²) in [5.41, 5.74) is 7.29. The minimum atomic E-state index is 0.160. The minimum absolute atomic E-state index is 0.160. The molecule has 0 radical (unpaired) electrons. The maximum Gasteiger partial charge on any atom is 0.119 e. The van der Waals surface area contributed by atoms with Crippen LogP contribution in [0.5, 0.6) is 5.75 Å². The van der Waals surface area contributed by atoms with Crippen molar-refractivity contribution in [1.82, 2.24) is 0 Å². The second kappa shape index (κ2) is 6.54. The van der Waals surface area contributed by atoms with Crippen LogP contribution in [0.1, 0.15) is 51.6 Å². The highest BCUT2D eigenvalue weighted by Gasteiger charge is 2.05. The summed E-state index contributed by atoms with van der Waals surface area (Å²) in [6.07, 6.45) is 3.66. The van der Waals surface area contributed by atoms with Crippen molar-refractivity contribution >= 4 is 0 Å². The zero-order chi connectivity index (χ0) is 12.0. The Labute approximate surface area is 98.8 Å². The Balaban J connectivity index is 2.56. The highest BCUT2D eigenvalue weighted by atomic mass is 16.5. The molecular weight excluding hydrogens is 198 g/mol. The number of hydrogen-bond donors (Lipinski definition) is 1. The van der Waals surface area contributed by atoms with Crippen LogP contribution >= 0.6 is 0 Å². The molecule has 2 nitrogen and oxygen atoms in total. The average Bonchev–Trinajstić information content (AvgIpc) is 2.26. The molecule has 0 fully saturated rings. The quantitative estimate of drug-likeness (QED) is 0.795. The molecule has 1 aromatic carbocycles. The predicted molar refractivity (Wildman–Crippen MR) is 68.7 cm³/mol. The van der Waals surface area contributed by atoms with E-state index >= 15 is 0 Å². The summed E-state index contributed by atoms with van der Waals surface area (Å²) in [5.74, 6) is 0.918. The van der Waals surface area contributed by atoms with E-state index in [1.54, 1.807) is 0 Å². The lowest BCUT2D eigenvalue weighted by Gasteiger charge is -2.13. The van der Waals surface area contributed by atoms with E-state index in [-0.39, 0.29) is 12.1 Å². The second-order valence-electron chi connectivity index (χ2n) is 4.48. The topological polar surface area (TPSA) is 35.2 Å². The fourth-order valence-corrected chi connectivity index (χ4v) is 1.66. The molecule has 2 heteroatoms. The van der Waals surface area contributed by atoms with Gasteiger partial charge >= 0.3 is 0 Å². The van der Waals surface area contributed by atoms with Crippen LogP contribution in [0.2, 0.25) is 0 Å². The summed E-state index contributed by atoms with van der Waals surface area (Å²) in [5, 5.41) is 0. The summed E-state index contributed by atoms with van der Waals surface area (Å²) in [6.45, 7) is 6.24. The normalized spacial score (nSPS) is 12.8. The van der Waals surface area contributed by atoms with Gasteiger partial charge in [0.25, 0.3) is 0 Å². The van der Waals surface area contributed by atoms with E-state index in [1.807, 2.05) is 26.0 Å². The standard InChI is InChI=1S/C14H23NO/c1-4-5-6-14(15)12-7-9-13(10-8-12)16-11(2)3/h7-11,14H,4-6,15H2,1-3H3/t14-/m1/s1. The Kier molecular flexibility index (Phi) is 5.33. The summed E-state index contributed by atoms with van der Waals surface area (Å²) in [4.78, 5) is 0. The second-order valence-corrected chi connectivity index (χ2v) is 4.48. The number of ether oxygens (including phenoxy) is 1. The molecule has 0 aromatic heterocycles. The van der Waals surface area contributed by atoms with Gasteiger partial charge in [-0.15, -0.1) is 0 Å². The largest absolute Gasteiger partial charge is 0.491 e. The van der Waals surface area contributed by atoms with E-state index < -0.39 is 0 Å². The molecule has 0 aliphatic carbocycles. The van der Waals surface area contributed by atoms with Gasteiger partial charge in [0, 0.05) is 6.04 Å². The van der Waals surface area contributed by atoms with Crippen LogP contribution in [0.3, 0.4) is 0 Å². The highest BCUT2D eigenvalue weighted by Crippen LogP contribution is 2.20. The van der Waals surface area contributed by atoms with Crippen molar-refractivity contribution in [1.29, 1.82) is 0 Å². The minimum Gasteiger partial charge on any atom is -0.491 e. The van der Waals surface area contributed by atoms with Crippen molar-refractivity contribution in [2.75, 3.05) is 0 Å². The van der Waals surface area contributed by atoms with Gasteiger partial charge in [0.1, 0.15) is 5.75 Å². The Bertz CT molecular complexity index is 292. The van der Waals surface area contributed by atoms with Gasteiger partial charge in [0.2, 0.25) is 0 Å². The Morgan fingerprint density at radius 1 is 1.19 bits per heavy atom. The lowest BCUT2D eigenvalue weighted by molar-refractivity contribution is 0.242. The fourth-order valence-electron chi connectivity index (χ4n) is 1.66. The van der Waals surface area contributed by atoms with Crippen molar-refractivity contribution in [3.63, 3.8) is 0 Å². The summed E-state index contributed by atoms with van der Waals surface area (Å²) < 4.78 is 5.59. The van der Waals surface area contributed by atoms with E-state index in [4.69, 9.17) is 10.5 Å². The highest BCUT2D eigenvalue weighted by molar-refractivity contribution is 5.29. The third-order valence-corrected chi connectivity index (χ3v) is 2.55. The van der Waals surface area contributed by atoms with Gasteiger partial charge in [-0.05, 0) is 38.0 Å². The molecule has 1 aromatic rings. The third kappa shape index (κ3) is 4.23. The smallest absolute Gasteiger partial charge is 0.119 e. The SMILES string of the molecule is CCCC[C@@H](N)c1ccc(OC(C)C)cc1. The first-order chi connectivity index (χ1) is 7.63. The van der Waals surface area contributed by atoms with Crippen LogP contribution in [0.25, 0.3) is 0 Å². The summed E-state index contributed by atoms with van der Waals surface area (Å²) in [7, 11) is 0. The lowest BCUT2D eigenvalue weighted by Crippen LogP contribution is -2.10. The third-order valence-electron chi connectivity index (χ3n) is 2.55. The Morgan fingerprint density at radius 3 is 2.31 bits per heavy atom. The van der Waals surface area contributed by atoms with Gasteiger partial charge in [-0.1, -0.05) is 31.9 Å². The number of benzene rings is 1. The van der Waals surface area contributed by atoms with Gasteiger partial charge < -0.3 is 10.5 Å². The maximum atomic E-state index is 6.09. The van der Waals surface area contributed by atoms with Crippen LogP contribution in [0.15, 0.2) is 24.3 Å². The van der Waals surface area contributed by atoms with Crippen molar-refractivity contribution < 1.29 is 4.74 Å². The summed E-state index contributed by atoms with van der Waals surface area (Å²) in [6, 6.07) is 8.30. The first-order valence-corrected chi connectivity index (χ1v) is 6.15. The molecule has 0 saturated heterocycles. The molecule has 16 heavy (non-hydrogen) atoms. The van der Waals surface area contributed by atoms with E-state index in [0.717, 1.165) is 12.2 Å². The molecule has 0 unspecified atom stereocenters. The Morgan fingerprint density at radius 2 is 1.81 bits per heavy atom. The molecule has 1 atom stereocenters. The molecule has 0 bridgehead atoms. The lowest BCUT2D eigenvalue weighted by atomic mass is 10.0. The molecule has 0 spiro atoms. The molecule has 2 N–H and O–H groups in total. The van der Waals surface area contributed by atoms with Gasteiger partial charge in [-0.2, -0.15) is 0 Å². The molecular formula is C14H23NO. The number of nitrogens with two attached hydrogens (primary N) is 1. The average molecular weight is 221 g/mol. The molecule has 0 saturated carbocycles. The van der Waals surface area contributed by atoms with E-state index in [9.17, 15) is 0 Å². The van der Waals surface area contributed by atoms with Crippen molar-refractivity contribution in [2.24, 2.45) is 5.73 Å². The number of hydrogen-bond acceptors (Lipinski definition) is 2.